The Kier molecular flexibility index (Phi) is 8.09. The van der Waals surface area contributed by atoms with E-state index in [1.807, 2.05) is 32.0 Å². The van der Waals surface area contributed by atoms with E-state index in [2.05, 4.69) is 10.3 Å². The summed E-state index contributed by atoms with van der Waals surface area (Å²) in [5.74, 6) is 0.132. The van der Waals surface area contributed by atoms with E-state index in [0.717, 1.165) is 25.9 Å². The Bertz CT molecular complexity index is 878. The van der Waals surface area contributed by atoms with Gasteiger partial charge in [-0.1, -0.05) is 23.9 Å². The van der Waals surface area contributed by atoms with Crippen molar-refractivity contribution in [2.75, 3.05) is 25.5 Å². The summed E-state index contributed by atoms with van der Waals surface area (Å²) in [7, 11) is 0. The largest absolute Gasteiger partial charge is 0.379 e. The van der Waals surface area contributed by atoms with Crippen molar-refractivity contribution < 1.29 is 14.3 Å². The van der Waals surface area contributed by atoms with Crippen LogP contribution in [-0.2, 0) is 20.8 Å². The topological polar surface area (TPSA) is 82.5 Å². The summed E-state index contributed by atoms with van der Waals surface area (Å²) in [5.41, 5.74) is 0.565. The van der Waals surface area contributed by atoms with Crippen molar-refractivity contribution in [3.8, 4) is 0 Å². The Morgan fingerprint density at radius 2 is 2.24 bits per heavy atom. The SMILES string of the molecule is CC(C)OCCCNC(=O)CSc1nc2ccccc2c(=O)n1C[C@H]1CCCO1. The molecular weight excluding hydrogens is 390 g/mol. The van der Waals surface area contributed by atoms with Gasteiger partial charge >= 0.3 is 0 Å². The van der Waals surface area contributed by atoms with Gasteiger partial charge in [-0.25, -0.2) is 4.98 Å². The molecule has 1 aromatic heterocycles. The predicted octanol–water partition coefficient (Wildman–Crippen LogP) is 2.60. The number of nitrogens with one attached hydrogen (secondary N) is 1. The minimum absolute atomic E-state index is 0.0183. The molecule has 3 rings (SSSR count). The first-order valence-corrected chi connectivity index (χ1v) is 11.2. The monoisotopic (exact) mass is 419 g/mol. The van der Waals surface area contributed by atoms with E-state index in [4.69, 9.17) is 9.47 Å². The van der Waals surface area contributed by atoms with Crippen LogP contribution in [-0.4, -0.2) is 53.2 Å². The molecule has 2 aromatic rings. The zero-order valence-corrected chi connectivity index (χ0v) is 17.9. The summed E-state index contributed by atoms with van der Waals surface area (Å²) in [6.45, 7) is 6.36. The van der Waals surface area contributed by atoms with Crippen LogP contribution >= 0.6 is 11.8 Å². The zero-order chi connectivity index (χ0) is 20.6. The van der Waals surface area contributed by atoms with Gasteiger partial charge in [-0.05, 0) is 45.2 Å². The molecule has 0 bridgehead atoms. The number of hydrogen-bond donors (Lipinski definition) is 1. The highest BCUT2D eigenvalue weighted by atomic mass is 32.2. The second kappa shape index (κ2) is 10.8. The van der Waals surface area contributed by atoms with Gasteiger partial charge in [0.15, 0.2) is 5.16 Å². The fourth-order valence-electron chi connectivity index (χ4n) is 3.21. The number of fused-ring (bicyclic) bond motifs is 1. The normalized spacial score (nSPS) is 16.6. The third-order valence-corrected chi connectivity index (χ3v) is 5.64. The van der Waals surface area contributed by atoms with Crippen LogP contribution in [0.2, 0.25) is 0 Å². The molecule has 1 amide bonds. The van der Waals surface area contributed by atoms with Crippen LogP contribution in [0.3, 0.4) is 0 Å². The molecule has 0 unspecified atom stereocenters. The number of carbonyl (C=O) groups is 1. The van der Waals surface area contributed by atoms with E-state index < -0.39 is 0 Å². The first-order valence-electron chi connectivity index (χ1n) is 10.2. The number of ether oxygens (including phenoxy) is 2. The number of carbonyl (C=O) groups excluding carboxylic acids is 1. The summed E-state index contributed by atoms with van der Waals surface area (Å²) in [6.07, 6.45) is 2.92. The number of benzene rings is 1. The van der Waals surface area contributed by atoms with Gasteiger partial charge in [-0.15, -0.1) is 0 Å². The number of amides is 1. The number of thioether (sulfide) groups is 1. The molecule has 8 heteroatoms. The van der Waals surface area contributed by atoms with Crippen LogP contribution in [0.1, 0.15) is 33.1 Å². The van der Waals surface area contributed by atoms with Gasteiger partial charge in [0.1, 0.15) is 0 Å². The minimum Gasteiger partial charge on any atom is -0.379 e. The fourth-order valence-corrected chi connectivity index (χ4v) is 4.05. The predicted molar refractivity (Wildman–Crippen MR) is 114 cm³/mol. The molecule has 1 aliphatic rings. The number of rotatable bonds is 10. The Hall–Kier alpha value is -1.90. The van der Waals surface area contributed by atoms with Gasteiger partial charge in [0.25, 0.3) is 5.56 Å². The standard InChI is InChI=1S/C21H29N3O4S/c1-15(2)27-12-6-10-22-19(25)14-29-21-23-18-9-4-3-8-17(18)20(26)24(21)13-16-7-5-11-28-16/h3-4,8-9,15-16H,5-7,10-14H2,1-2H3,(H,22,25)/t16-/m1/s1. The highest BCUT2D eigenvalue weighted by molar-refractivity contribution is 7.99. The molecule has 1 saturated heterocycles. The van der Waals surface area contributed by atoms with Crippen LogP contribution < -0.4 is 10.9 Å². The van der Waals surface area contributed by atoms with E-state index in [9.17, 15) is 9.59 Å². The van der Waals surface area contributed by atoms with Gasteiger partial charge < -0.3 is 14.8 Å². The van der Waals surface area contributed by atoms with Gasteiger partial charge in [0, 0.05) is 19.8 Å². The number of para-hydroxylation sites is 1. The first kappa shape index (κ1) is 21.8. The van der Waals surface area contributed by atoms with Crippen molar-refractivity contribution in [3.63, 3.8) is 0 Å². The smallest absolute Gasteiger partial charge is 0.262 e. The Morgan fingerprint density at radius 1 is 1.41 bits per heavy atom. The maximum atomic E-state index is 13.0. The second-order valence-corrected chi connectivity index (χ2v) is 8.32. The summed E-state index contributed by atoms with van der Waals surface area (Å²) in [5, 5.41) is 4.04. The molecule has 158 valence electrons. The average molecular weight is 420 g/mol. The van der Waals surface area contributed by atoms with Gasteiger partial charge in [0.2, 0.25) is 5.91 Å². The summed E-state index contributed by atoms with van der Waals surface area (Å²) in [4.78, 5) is 29.9. The first-order chi connectivity index (χ1) is 14.0. The number of nitrogens with zero attached hydrogens (tertiary/aromatic N) is 2. The van der Waals surface area contributed by atoms with Crippen molar-refractivity contribution in [1.29, 1.82) is 0 Å². The van der Waals surface area contributed by atoms with Gasteiger partial charge in [-0.3, -0.25) is 14.2 Å². The summed E-state index contributed by atoms with van der Waals surface area (Å²) >= 11 is 1.29. The highest BCUT2D eigenvalue weighted by Gasteiger charge is 2.20. The maximum absolute atomic E-state index is 13.0. The molecule has 1 aliphatic heterocycles. The fraction of sp³-hybridized carbons (Fsp3) is 0.571. The van der Waals surface area contributed by atoms with Gasteiger partial charge in [0.05, 0.1) is 35.4 Å². The molecule has 1 aromatic carbocycles. The Balaban J connectivity index is 1.65. The van der Waals surface area contributed by atoms with E-state index in [0.29, 0.717) is 35.8 Å². The number of hydrogen-bond acceptors (Lipinski definition) is 6. The van der Waals surface area contributed by atoms with Crippen LogP contribution in [0.15, 0.2) is 34.2 Å². The van der Waals surface area contributed by atoms with Crippen molar-refractivity contribution in [2.24, 2.45) is 0 Å². The van der Waals surface area contributed by atoms with Crippen LogP contribution in [0.5, 0.6) is 0 Å². The molecule has 1 fully saturated rings. The third-order valence-electron chi connectivity index (χ3n) is 4.66. The molecule has 0 saturated carbocycles. The lowest BCUT2D eigenvalue weighted by atomic mass is 10.2. The Morgan fingerprint density at radius 3 is 3.00 bits per heavy atom. The molecule has 29 heavy (non-hydrogen) atoms. The molecular formula is C21H29N3O4S. The average Bonchev–Trinajstić information content (AvgIpc) is 3.21. The van der Waals surface area contributed by atoms with Crippen molar-refractivity contribution in [2.45, 2.75) is 57.0 Å². The van der Waals surface area contributed by atoms with Crippen molar-refractivity contribution in [1.82, 2.24) is 14.9 Å². The number of aromatic nitrogens is 2. The molecule has 1 atom stereocenters. The highest BCUT2D eigenvalue weighted by Crippen LogP contribution is 2.20. The maximum Gasteiger partial charge on any atom is 0.262 e. The minimum atomic E-state index is -0.0835. The van der Waals surface area contributed by atoms with E-state index in [1.54, 1.807) is 10.6 Å². The molecule has 1 N–H and O–H groups in total. The molecule has 0 radical (unpaired) electrons. The van der Waals surface area contributed by atoms with E-state index in [-0.39, 0.29) is 29.4 Å². The van der Waals surface area contributed by atoms with Crippen LogP contribution in [0.25, 0.3) is 10.9 Å². The third kappa shape index (κ3) is 6.29. The molecule has 0 spiro atoms. The second-order valence-electron chi connectivity index (χ2n) is 7.37. The summed E-state index contributed by atoms with van der Waals surface area (Å²) < 4.78 is 12.8. The van der Waals surface area contributed by atoms with Gasteiger partial charge in [-0.2, -0.15) is 0 Å². The Labute approximate surface area is 175 Å². The van der Waals surface area contributed by atoms with Crippen molar-refractivity contribution in [3.05, 3.63) is 34.6 Å². The lowest BCUT2D eigenvalue weighted by Crippen LogP contribution is -2.30. The van der Waals surface area contributed by atoms with Crippen LogP contribution in [0, 0.1) is 0 Å². The summed E-state index contributed by atoms with van der Waals surface area (Å²) in [6, 6.07) is 7.31. The molecule has 2 heterocycles. The molecule has 0 aliphatic carbocycles. The lowest BCUT2D eigenvalue weighted by molar-refractivity contribution is -0.118. The zero-order valence-electron chi connectivity index (χ0n) is 17.1. The van der Waals surface area contributed by atoms with E-state index in [1.165, 1.54) is 11.8 Å². The van der Waals surface area contributed by atoms with Crippen molar-refractivity contribution >= 4 is 28.6 Å². The lowest BCUT2D eigenvalue weighted by Gasteiger charge is -2.16. The molecule has 7 nitrogen and oxygen atoms in total. The van der Waals surface area contributed by atoms with E-state index >= 15 is 0 Å². The quantitative estimate of drug-likeness (QED) is 0.362. The van der Waals surface area contributed by atoms with Crippen LogP contribution in [0.4, 0.5) is 0 Å².